The number of nitrogens with zero attached hydrogens (tertiary/aromatic N) is 1. The molecule has 1 heterocycles. The number of hydrogen-bond acceptors (Lipinski definition) is 3. The molecule has 0 bridgehead atoms. The summed E-state index contributed by atoms with van der Waals surface area (Å²) in [7, 11) is 0. The van der Waals surface area contributed by atoms with Crippen molar-refractivity contribution >= 4 is 22.7 Å². The second-order valence-electron chi connectivity index (χ2n) is 3.42. The fourth-order valence-electron chi connectivity index (χ4n) is 1.12. The van der Waals surface area contributed by atoms with E-state index in [1.54, 1.807) is 6.92 Å². The summed E-state index contributed by atoms with van der Waals surface area (Å²) in [6, 6.07) is 0. The van der Waals surface area contributed by atoms with Gasteiger partial charge in [-0.2, -0.15) is 0 Å². The molecule has 0 aliphatic heterocycles. The van der Waals surface area contributed by atoms with Crippen molar-refractivity contribution in [3.63, 3.8) is 0 Å². The third kappa shape index (κ3) is 3.95. The molecule has 0 saturated carbocycles. The number of carbonyl (C=O) groups excluding carboxylic acids is 1. The highest BCUT2D eigenvalue weighted by molar-refractivity contribution is 7.09. The van der Waals surface area contributed by atoms with E-state index in [-0.39, 0.29) is 5.78 Å². The third-order valence-corrected chi connectivity index (χ3v) is 2.73. The van der Waals surface area contributed by atoms with Gasteiger partial charge < -0.3 is 0 Å². The average molecular weight is 233 g/mol. The summed E-state index contributed by atoms with van der Waals surface area (Å²) in [5.74, 6) is 0.135. The number of rotatable bonds is 5. The minimum Gasteiger partial charge on any atom is -0.300 e. The van der Waals surface area contributed by atoms with Gasteiger partial charge in [0.1, 0.15) is 10.8 Å². The standard InChI is InChI=1S/C13H15NOS/c1-4-5-6-7-10(2)12-9-16-13(14-12)8-11(3)15/h4-7,9H,2,8H2,1,3H3/b5-4+,7-6-. The van der Waals surface area contributed by atoms with Gasteiger partial charge in [0.25, 0.3) is 0 Å². The van der Waals surface area contributed by atoms with Crippen LogP contribution in [0.25, 0.3) is 5.57 Å². The van der Waals surface area contributed by atoms with Gasteiger partial charge in [-0.1, -0.05) is 30.9 Å². The first-order chi connectivity index (χ1) is 7.63. The number of ketones is 1. The van der Waals surface area contributed by atoms with Crippen LogP contribution >= 0.6 is 11.3 Å². The van der Waals surface area contributed by atoms with Gasteiger partial charge >= 0.3 is 0 Å². The summed E-state index contributed by atoms with van der Waals surface area (Å²) >= 11 is 1.50. The number of hydrogen-bond donors (Lipinski definition) is 0. The Bertz CT molecular complexity index is 441. The zero-order valence-corrected chi connectivity index (χ0v) is 10.4. The van der Waals surface area contributed by atoms with Crippen molar-refractivity contribution < 1.29 is 4.79 Å². The number of allylic oxidation sites excluding steroid dienone is 5. The van der Waals surface area contributed by atoms with E-state index in [4.69, 9.17) is 0 Å². The van der Waals surface area contributed by atoms with Gasteiger partial charge in [0.05, 0.1) is 12.1 Å². The summed E-state index contributed by atoms with van der Waals surface area (Å²) in [6.45, 7) is 7.46. The fourth-order valence-corrected chi connectivity index (χ4v) is 2.01. The van der Waals surface area contributed by atoms with Crippen molar-refractivity contribution in [3.8, 4) is 0 Å². The van der Waals surface area contributed by atoms with Crippen LogP contribution < -0.4 is 0 Å². The van der Waals surface area contributed by atoms with E-state index < -0.39 is 0 Å². The Labute approximate surface area is 100 Å². The van der Waals surface area contributed by atoms with Crippen molar-refractivity contribution in [3.05, 3.63) is 47.0 Å². The van der Waals surface area contributed by atoms with Gasteiger partial charge in [0.15, 0.2) is 0 Å². The highest BCUT2D eigenvalue weighted by Gasteiger charge is 2.05. The van der Waals surface area contributed by atoms with Crippen LogP contribution in [0.4, 0.5) is 0 Å². The molecule has 2 nitrogen and oxygen atoms in total. The Hall–Kier alpha value is -1.48. The van der Waals surface area contributed by atoms with Crippen LogP contribution in [0.15, 0.2) is 36.3 Å². The topological polar surface area (TPSA) is 30.0 Å². The molecule has 0 unspecified atom stereocenters. The molecule has 0 spiro atoms. The smallest absolute Gasteiger partial charge is 0.136 e. The molecule has 84 valence electrons. The lowest BCUT2D eigenvalue weighted by molar-refractivity contribution is -0.116. The average Bonchev–Trinajstić information content (AvgIpc) is 2.65. The normalized spacial score (nSPS) is 11.4. The molecule has 0 radical (unpaired) electrons. The van der Waals surface area contributed by atoms with Crippen molar-refractivity contribution in [2.24, 2.45) is 0 Å². The highest BCUT2D eigenvalue weighted by atomic mass is 32.1. The number of carbonyl (C=O) groups is 1. The Balaban J connectivity index is 2.70. The summed E-state index contributed by atoms with van der Waals surface area (Å²) in [5, 5.41) is 2.78. The third-order valence-electron chi connectivity index (χ3n) is 1.88. The zero-order valence-electron chi connectivity index (χ0n) is 9.56. The molecule has 0 aromatic carbocycles. The quantitative estimate of drug-likeness (QED) is 0.729. The van der Waals surface area contributed by atoms with E-state index in [9.17, 15) is 4.79 Å². The lowest BCUT2D eigenvalue weighted by Crippen LogP contribution is -1.95. The molecule has 3 heteroatoms. The Kier molecular flexibility index (Phi) is 4.86. The fraction of sp³-hybridized carbons (Fsp3) is 0.231. The van der Waals surface area contributed by atoms with E-state index in [1.165, 1.54) is 11.3 Å². The molecule has 1 rings (SSSR count). The molecule has 0 saturated heterocycles. The van der Waals surface area contributed by atoms with Crippen molar-refractivity contribution in [2.75, 3.05) is 0 Å². The van der Waals surface area contributed by atoms with Gasteiger partial charge in [-0.3, -0.25) is 4.79 Å². The van der Waals surface area contributed by atoms with Crippen molar-refractivity contribution in [1.82, 2.24) is 4.98 Å². The highest BCUT2D eigenvalue weighted by Crippen LogP contribution is 2.18. The summed E-state index contributed by atoms with van der Waals surface area (Å²) < 4.78 is 0. The van der Waals surface area contributed by atoms with E-state index in [2.05, 4.69) is 11.6 Å². The van der Waals surface area contributed by atoms with Crippen LogP contribution in [0.2, 0.25) is 0 Å². The van der Waals surface area contributed by atoms with E-state index in [0.717, 1.165) is 16.3 Å². The minimum absolute atomic E-state index is 0.135. The second-order valence-corrected chi connectivity index (χ2v) is 4.36. The summed E-state index contributed by atoms with van der Waals surface area (Å²) in [4.78, 5) is 15.3. The van der Waals surface area contributed by atoms with Crippen LogP contribution in [-0.4, -0.2) is 10.8 Å². The zero-order chi connectivity index (χ0) is 12.0. The SMILES string of the molecule is C=C(/C=C\C=C\C)c1csc(CC(C)=O)n1. The number of Topliss-reactive ketones (excluding diaryl/α,β-unsaturated/α-hetero) is 1. The van der Waals surface area contributed by atoms with E-state index >= 15 is 0 Å². The molecule has 0 fully saturated rings. The lowest BCUT2D eigenvalue weighted by atomic mass is 10.2. The molecule has 1 aromatic heterocycles. The van der Waals surface area contributed by atoms with Crippen LogP contribution in [0.3, 0.4) is 0 Å². The first-order valence-corrected chi connectivity index (χ1v) is 5.94. The van der Waals surface area contributed by atoms with Gasteiger partial charge in [0.2, 0.25) is 0 Å². The van der Waals surface area contributed by atoms with Crippen LogP contribution in [0, 0.1) is 0 Å². The predicted molar refractivity (Wildman–Crippen MR) is 69.5 cm³/mol. The largest absolute Gasteiger partial charge is 0.300 e. The summed E-state index contributed by atoms with van der Waals surface area (Å²) in [6.07, 6.45) is 8.13. The predicted octanol–water partition coefficient (Wildman–Crippen LogP) is 3.42. The Morgan fingerprint density at radius 1 is 1.56 bits per heavy atom. The monoisotopic (exact) mass is 233 g/mol. The van der Waals surface area contributed by atoms with Crippen LogP contribution in [0.5, 0.6) is 0 Å². The maximum Gasteiger partial charge on any atom is 0.136 e. The molecule has 0 amide bonds. The van der Waals surface area contributed by atoms with Crippen molar-refractivity contribution in [1.29, 1.82) is 0 Å². The van der Waals surface area contributed by atoms with Gasteiger partial charge in [-0.25, -0.2) is 4.98 Å². The molecule has 1 aromatic rings. The molecule has 0 N–H and O–H groups in total. The Morgan fingerprint density at radius 3 is 2.94 bits per heavy atom. The molecule has 0 atom stereocenters. The van der Waals surface area contributed by atoms with E-state index in [0.29, 0.717) is 6.42 Å². The minimum atomic E-state index is 0.135. The molecular formula is C13H15NOS. The summed E-state index contributed by atoms with van der Waals surface area (Å²) in [5.41, 5.74) is 1.71. The van der Waals surface area contributed by atoms with Gasteiger partial charge in [-0.15, -0.1) is 11.3 Å². The van der Waals surface area contributed by atoms with E-state index in [1.807, 2.05) is 36.6 Å². The molecular weight excluding hydrogens is 218 g/mol. The van der Waals surface area contributed by atoms with Crippen molar-refractivity contribution in [2.45, 2.75) is 20.3 Å². The second kappa shape index (κ2) is 6.18. The number of thiazole rings is 1. The first-order valence-electron chi connectivity index (χ1n) is 5.06. The molecule has 0 aliphatic rings. The van der Waals surface area contributed by atoms with Gasteiger partial charge in [0, 0.05) is 5.38 Å². The Morgan fingerprint density at radius 2 is 2.31 bits per heavy atom. The van der Waals surface area contributed by atoms with Crippen LogP contribution in [0.1, 0.15) is 24.5 Å². The maximum absolute atomic E-state index is 10.9. The van der Waals surface area contributed by atoms with Crippen LogP contribution in [-0.2, 0) is 11.2 Å². The first kappa shape index (κ1) is 12.6. The molecule has 0 aliphatic carbocycles. The van der Waals surface area contributed by atoms with Gasteiger partial charge in [-0.05, 0) is 19.4 Å². The molecule has 16 heavy (non-hydrogen) atoms. The number of aromatic nitrogens is 1. The lowest BCUT2D eigenvalue weighted by Gasteiger charge is -1.92. The maximum atomic E-state index is 10.9.